The normalized spacial score (nSPS) is 25.5. The van der Waals surface area contributed by atoms with Crippen molar-refractivity contribution >= 4 is 10.9 Å². The molecule has 2 fully saturated rings. The standard InChI is InChI=1S/C25H29FN4O2/c1-3-10-28-14-18(22-8-5-19(26)11-23(22)28)15-29-20-6-7-21(29)13-25(32,12-20)16-30-24(31)9-4-17(2)27-30/h3-5,8-9,11,14,20-21,32H,1,6-7,10,12-13,15-16H2,2H3/t20-,21+,25?. The molecule has 1 aromatic carbocycles. The maximum absolute atomic E-state index is 13.9. The van der Waals surface area contributed by atoms with Crippen LogP contribution in [0.1, 0.15) is 36.9 Å². The van der Waals surface area contributed by atoms with Gasteiger partial charge in [0.15, 0.2) is 0 Å². The fraction of sp³-hybridized carbons (Fsp3) is 0.440. The number of nitrogens with zero attached hydrogens (tertiary/aromatic N) is 4. The Hall–Kier alpha value is -2.77. The zero-order valence-electron chi connectivity index (χ0n) is 18.4. The van der Waals surface area contributed by atoms with Gasteiger partial charge in [0.2, 0.25) is 0 Å². The minimum absolute atomic E-state index is 0.180. The van der Waals surface area contributed by atoms with Crippen LogP contribution in [0.2, 0.25) is 0 Å². The first-order valence-electron chi connectivity index (χ1n) is 11.3. The molecule has 1 unspecified atom stereocenters. The molecule has 2 aromatic heterocycles. The van der Waals surface area contributed by atoms with E-state index in [0.29, 0.717) is 19.4 Å². The van der Waals surface area contributed by atoms with Crippen LogP contribution in [-0.2, 0) is 19.6 Å². The maximum Gasteiger partial charge on any atom is 0.266 e. The van der Waals surface area contributed by atoms with E-state index in [1.165, 1.54) is 22.4 Å². The number of hydrogen-bond donors (Lipinski definition) is 1. The van der Waals surface area contributed by atoms with Crippen molar-refractivity contribution in [2.45, 2.75) is 69.9 Å². The van der Waals surface area contributed by atoms with E-state index in [9.17, 15) is 14.3 Å². The molecule has 4 heterocycles. The lowest BCUT2D eigenvalue weighted by atomic mass is 9.85. The minimum Gasteiger partial charge on any atom is -0.388 e. The predicted molar refractivity (Wildman–Crippen MR) is 122 cm³/mol. The van der Waals surface area contributed by atoms with Crippen molar-refractivity contribution in [2.24, 2.45) is 0 Å². The zero-order chi connectivity index (χ0) is 22.5. The lowest BCUT2D eigenvalue weighted by molar-refractivity contribution is -0.0677. The molecule has 2 aliphatic rings. The van der Waals surface area contributed by atoms with Gasteiger partial charge < -0.3 is 9.67 Å². The van der Waals surface area contributed by atoms with Crippen molar-refractivity contribution in [3.63, 3.8) is 0 Å². The van der Waals surface area contributed by atoms with Crippen LogP contribution in [0.15, 0.2) is 54.0 Å². The predicted octanol–water partition coefficient (Wildman–Crippen LogP) is 3.39. The molecule has 168 valence electrons. The Kier molecular flexibility index (Phi) is 5.26. The second kappa shape index (κ2) is 7.98. The highest BCUT2D eigenvalue weighted by Gasteiger charge is 2.47. The van der Waals surface area contributed by atoms with Crippen LogP contribution >= 0.6 is 0 Å². The van der Waals surface area contributed by atoms with Gasteiger partial charge in [0.25, 0.3) is 5.56 Å². The number of allylic oxidation sites excluding steroid dienone is 1. The Balaban J connectivity index is 1.38. The van der Waals surface area contributed by atoms with Gasteiger partial charge in [-0.3, -0.25) is 9.69 Å². The summed E-state index contributed by atoms with van der Waals surface area (Å²) in [5.74, 6) is -0.240. The van der Waals surface area contributed by atoms with E-state index < -0.39 is 5.60 Å². The average Bonchev–Trinajstić information content (AvgIpc) is 3.19. The van der Waals surface area contributed by atoms with Crippen LogP contribution in [0.3, 0.4) is 0 Å². The third-order valence-corrected chi connectivity index (χ3v) is 7.05. The summed E-state index contributed by atoms with van der Waals surface area (Å²) < 4.78 is 17.3. The van der Waals surface area contributed by atoms with Crippen molar-refractivity contribution < 1.29 is 9.50 Å². The molecule has 32 heavy (non-hydrogen) atoms. The molecule has 0 spiro atoms. The highest BCUT2D eigenvalue weighted by Crippen LogP contribution is 2.42. The number of aromatic nitrogens is 3. The molecule has 0 aliphatic carbocycles. The number of fused-ring (bicyclic) bond motifs is 3. The minimum atomic E-state index is -0.938. The highest BCUT2D eigenvalue weighted by atomic mass is 19.1. The van der Waals surface area contributed by atoms with Gasteiger partial charge in [0.05, 0.1) is 23.4 Å². The van der Waals surface area contributed by atoms with Crippen molar-refractivity contribution in [3.8, 4) is 0 Å². The molecule has 2 aliphatic heterocycles. The summed E-state index contributed by atoms with van der Waals surface area (Å²) in [4.78, 5) is 14.7. The first-order chi connectivity index (χ1) is 15.3. The van der Waals surface area contributed by atoms with Gasteiger partial charge in [-0.05, 0) is 62.4 Å². The van der Waals surface area contributed by atoms with E-state index in [1.54, 1.807) is 12.1 Å². The first-order valence-corrected chi connectivity index (χ1v) is 11.3. The van der Waals surface area contributed by atoms with E-state index in [4.69, 9.17) is 0 Å². The molecule has 3 aromatic rings. The molecular weight excluding hydrogens is 407 g/mol. The molecule has 2 bridgehead atoms. The Morgan fingerprint density at radius 1 is 1.25 bits per heavy atom. The number of aryl methyl sites for hydroxylation is 1. The number of hydrogen-bond acceptors (Lipinski definition) is 4. The fourth-order valence-corrected chi connectivity index (χ4v) is 5.70. The number of benzene rings is 1. The van der Waals surface area contributed by atoms with E-state index in [0.717, 1.165) is 36.0 Å². The molecule has 7 heteroatoms. The Bertz CT molecular complexity index is 1220. The summed E-state index contributed by atoms with van der Waals surface area (Å²) in [6.07, 6.45) is 7.21. The zero-order valence-corrected chi connectivity index (χ0v) is 18.4. The molecule has 0 amide bonds. The van der Waals surface area contributed by atoms with Crippen LogP contribution in [0.5, 0.6) is 0 Å². The summed E-state index contributed by atoms with van der Waals surface area (Å²) in [5.41, 5.74) is 1.70. The third kappa shape index (κ3) is 3.80. The van der Waals surface area contributed by atoms with E-state index >= 15 is 0 Å². The lowest BCUT2D eigenvalue weighted by Crippen LogP contribution is -2.53. The van der Waals surface area contributed by atoms with Crippen LogP contribution in [0.4, 0.5) is 4.39 Å². The fourth-order valence-electron chi connectivity index (χ4n) is 5.70. The first kappa shape index (κ1) is 21.1. The second-order valence-corrected chi connectivity index (χ2v) is 9.42. The van der Waals surface area contributed by atoms with E-state index in [2.05, 4.69) is 22.8 Å². The van der Waals surface area contributed by atoms with Gasteiger partial charge >= 0.3 is 0 Å². The van der Waals surface area contributed by atoms with Gasteiger partial charge in [0.1, 0.15) is 5.82 Å². The summed E-state index contributed by atoms with van der Waals surface area (Å²) in [5, 5.41) is 16.8. The molecule has 3 atom stereocenters. The van der Waals surface area contributed by atoms with Gasteiger partial charge in [-0.25, -0.2) is 9.07 Å². The third-order valence-electron chi connectivity index (χ3n) is 7.05. The van der Waals surface area contributed by atoms with Gasteiger partial charge in [-0.2, -0.15) is 5.10 Å². The average molecular weight is 437 g/mol. The molecule has 5 rings (SSSR count). The number of piperidine rings is 1. The summed E-state index contributed by atoms with van der Waals surface area (Å²) >= 11 is 0. The number of rotatable bonds is 6. The van der Waals surface area contributed by atoms with Crippen molar-refractivity contribution in [2.75, 3.05) is 0 Å². The molecule has 2 saturated heterocycles. The van der Waals surface area contributed by atoms with E-state index in [1.807, 2.05) is 23.6 Å². The Morgan fingerprint density at radius 3 is 2.72 bits per heavy atom. The van der Waals surface area contributed by atoms with Gasteiger partial charge in [0, 0.05) is 42.8 Å². The van der Waals surface area contributed by atoms with Crippen LogP contribution in [0, 0.1) is 12.7 Å². The Morgan fingerprint density at radius 2 is 2.00 bits per heavy atom. The Labute approximate surface area is 186 Å². The van der Waals surface area contributed by atoms with Crippen LogP contribution in [-0.4, -0.2) is 42.0 Å². The summed E-state index contributed by atoms with van der Waals surface area (Å²) in [6, 6.07) is 8.66. The molecular formula is C25H29FN4O2. The largest absolute Gasteiger partial charge is 0.388 e. The molecule has 0 radical (unpaired) electrons. The quantitative estimate of drug-likeness (QED) is 0.602. The highest BCUT2D eigenvalue weighted by molar-refractivity contribution is 5.84. The summed E-state index contributed by atoms with van der Waals surface area (Å²) in [7, 11) is 0. The molecule has 6 nitrogen and oxygen atoms in total. The van der Waals surface area contributed by atoms with Crippen LogP contribution < -0.4 is 5.56 Å². The van der Waals surface area contributed by atoms with Crippen molar-refractivity contribution in [1.82, 2.24) is 19.2 Å². The SMILES string of the molecule is C=CCn1cc(CN2[C@@H]3CC[C@H]2CC(O)(Cn2nc(C)ccc2=O)C3)c2ccc(F)cc21. The van der Waals surface area contributed by atoms with Crippen LogP contribution in [0.25, 0.3) is 10.9 Å². The summed E-state index contributed by atoms with van der Waals surface area (Å²) in [6.45, 7) is 7.29. The lowest BCUT2D eigenvalue weighted by Gasteiger charge is -2.43. The van der Waals surface area contributed by atoms with E-state index in [-0.39, 0.29) is 30.0 Å². The topological polar surface area (TPSA) is 63.3 Å². The number of halogens is 1. The maximum atomic E-state index is 13.9. The smallest absolute Gasteiger partial charge is 0.266 e. The van der Waals surface area contributed by atoms with Gasteiger partial charge in [-0.15, -0.1) is 6.58 Å². The second-order valence-electron chi connectivity index (χ2n) is 9.42. The van der Waals surface area contributed by atoms with Gasteiger partial charge in [-0.1, -0.05) is 6.08 Å². The molecule has 0 saturated carbocycles. The van der Waals surface area contributed by atoms with Crippen molar-refractivity contribution in [3.05, 3.63) is 76.6 Å². The number of aliphatic hydroxyl groups is 1. The monoisotopic (exact) mass is 436 g/mol. The molecule has 1 N–H and O–H groups in total. The van der Waals surface area contributed by atoms with Crippen molar-refractivity contribution in [1.29, 1.82) is 0 Å².